The van der Waals surface area contributed by atoms with Gasteiger partial charge in [0.05, 0.1) is 5.92 Å². The summed E-state index contributed by atoms with van der Waals surface area (Å²) in [5, 5.41) is 11.9. The average Bonchev–Trinajstić information content (AvgIpc) is 3.41. The van der Waals surface area contributed by atoms with Gasteiger partial charge in [-0.2, -0.15) is 4.80 Å². The van der Waals surface area contributed by atoms with Crippen molar-refractivity contribution in [2.75, 3.05) is 6.54 Å². The monoisotopic (exact) mass is 433 g/mol. The molecule has 1 saturated heterocycles. The molecule has 0 spiro atoms. The molecule has 3 aromatic rings. The summed E-state index contributed by atoms with van der Waals surface area (Å²) >= 11 is 0. The van der Waals surface area contributed by atoms with Crippen LogP contribution in [-0.4, -0.2) is 49.4 Å². The summed E-state index contributed by atoms with van der Waals surface area (Å²) < 4.78 is 0. The third kappa shape index (κ3) is 5.15. The normalized spacial score (nSPS) is 15.6. The van der Waals surface area contributed by atoms with Crippen LogP contribution in [0.4, 0.5) is 0 Å². The van der Waals surface area contributed by atoms with Gasteiger partial charge >= 0.3 is 0 Å². The highest BCUT2D eigenvalue weighted by atomic mass is 16.2. The Kier molecular flexibility index (Phi) is 6.20. The summed E-state index contributed by atoms with van der Waals surface area (Å²) in [4.78, 5) is 39.7. The number of hydrogen-bond acceptors (Lipinski definition) is 6. The Morgan fingerprint density at radius 2 is 1.81 bits per heavy atom. The maximum atomic E-state index is 12.4. The summed E-state index contributed by atoms with van der Waals surface area (Å²) in [5.74, 6) is -1.12. The van der Waals surface area contributed by atoms with Crippen molar-refractivity contribution in [3.63, 3.8) is 0 Å². The lowest BCUT2D eigenvalue weighted by Crippen LogP contribution is -2.46. The molecule has 2 heterocycles. The molecule has 1 unspecified atom stereocenters. The van der Waals surface area contributed by atoms with Crippen LogP contribution in [0.5, 0.6) is 0 Å². The minimum absolute atomic E-state index is 0.0858. The Balaban J connectivity index is 1.25. The quantitative estimate of drug-likeness (QED) is 0.556. The summed E-state index contributed by atoms with van der Waals surface area (Å²) in [6, 6.07) is 17.2. The van der Waals surface area contributed by atoms with Crippen molar-refractivity contribution in [3.8, 4) is 11.4 Å². The molecule has 0 aliphatic carbocycles. The van der Waals surface area contributed by atoms with Crippen LogP contribution in [0.25, 0.3) is 11.4 Å². The molecule has 164 valence electrons. The molecule has 32 heavy (non-hydrogen) atoms. The van der Waals surface area contributed by atoms with Gasteiger partial charge in [0, 0.05) is 25.1 Å². The van der Waals surface area contributed by atoms with Gasteiger partial charge in [-0.25, -0.2) is 0 Å². The third-order valence-electron chi connectivity index (χ3n) is 5.17. The van der Waals surface area contributed by atoms with Crippen molar-refractivity contribution in [1.29, 1.82) is 0 Å². The van der Waals surface area contributed by atoms with Crippen LogP contribution in [-0.2, 0) is 27.5 Å². The summed E-state index contributed by atoms with van der Waals surface area (Å²) in [6.45, 7) is 2.56. The largest absolute Gasteiger partial charge is 0.338 e. The Hall–Kier alpha value is -4.08. The second-order valence-corrected chi connectivity index (χ2v) is 7.71. The standard InChI is InChI=1S/C22H23N7O3/c1-15-7-9-16(10-8-15)12-28-13-18(11-20(28)31)22(32)25-23-19(30)14-29-26-21(24-27-29)17-5-3-2-4-6-17/h2-10,18H,11-14H2,1H3,(H,23,30)(H,25,32). The molecule has 1 atom stereocenters. The number of amides is 3. The molecular formula is C22H23N7O3. The number of hydrazine groups is 1. The minimum Gasteiger partial charge on any atom is -0.338 e. The number of likely N-dealkylation sites (tertiary alicyclic amines) is 1. The number of aryl methyl sites for hydroxylation is 1. The van der Waals surface area contributed by atoms with E-state index >= 15 is 0 Å². The summed E-state index contributed by atoms with van der Waals surface area (Å²) in [7, 11) is 0. The van der Waals surface area contributed by atoms with E-state index in [9.17, 15) is 14.4 Å². The van der Waals surface area contributed by atoms with Crippen molar-refractivity contribution >= 4 is 17.7 Å². The second kappa shape index (κ2) is 9.38. The number of rotatable bonds is 6. The molecule has 10 nitrogen and oxygen atoms in total. The van der Waals surface area contributed by atoms with Gasteiger partial charge in [0.15, 0.2) is 0 Å². The lowest BCUT2D eigenvalue weighted by molar-refractivity contribution is -0.131. The van der Waals surface area contributed by atoms with E-state index < -0.39 is 17.7 Å². The molecule has 4 rings (SSSR count). The second-order valence-electron chi connectivity index (χ2n) is 7.71. The lowest BCUT2D eigenvalue weighted by atomic mass is 10.1. The van der Waals surface area contributed by atoms with Crippen molar-refractivity contribution in [1.82, 2.24) is 36.0 Å². The van der Waals surface area contributed by atoms with E-state index in [1.807, 2.05) is 61.5 Å². The number of nitrogens with one attached hydrogen (secondary N) is 2. The fourth-order valence-corrected chi connectivity index (χ4v) is 3.43. The van der Waals surface area contributed by atoms with Crippen LogP contribution in [0, 0.1) is 12.8 Å². The molecule has 0 bridgehead atoms. The van der Waals surface area contributed by atoms with Gasteiger partial charge in [-0.1, -0.05) is 60.2 Å². The Morgan fingerprint density at radius 1 is 1.06 bits per heavy atom. The highest BCUT2D eigenvalue weighted by Gasteiger charge is 2.34. The van der Waals surface area contributed by atoms with E-state index in [2.05, 4.69) is 26.3 Å². The van der Waals surface area contributed by atoms with Gasteiger partial charge < -0.3 is 4.90 Å². The van der Waals surface area contributed by atoms with Crippen molar-refractivity contribution in [2.24, 2.45) is 5.92 Å². The minimum atomic E-state index is -0.526. The number of aromatic nitrogens is 4. The molecule has 0 saturated carbocycles. The van der Waals surface area contributed by atoms with Gasteiger partial charge in [-0.3, -0.25) is 25.2 Å². The first-order valence-corrected chi connectivity index (χ1v) is 10.2. The molecule has 1 fully saturated rings. The number of hydrogen-bond donors (Lipinski definition) is 2. The van der Waals surface area contributed by atoms with Crippen molar-refractivity contribution in [2.45, 2.75) is 26.4 Å². The number of nitrogens with zero attached hydrogens (tertiary/aromatic N) is 5. The molecule has 10 heteroatoms. The van der Waals surface area contributed by atoms with E-state index in [1.165, 1.54) is 0 Å². The van der Waals surface area contributed by atoms with Gasteiger partial charge in [-0.15, -0.1) is 10.2 Å². The predicted octanol–water partition coefficient (Wildman–Crippen LogP) is 0.845. The highest BCUT2D eigenvalue weighted by Crippen LogP contribution is 2.20. The van der Waals surface area contributed by atoms with Gasteiger partial charge in [-0.05, 0) is 17.7 Å². The van der Waals surface area contributed by atoms with E-state index in [1.54, 1.807) is 4.90 Å². The molecule has 2 N–H and O–H groups in total. The van der Waals surface area contributed by atoms with E-state index in [0.717, 1.165) is 21.5 Å². The van der Waals surface area contributed by atoms with Gasteiger partial charge in [0.2, 0.25) is 17.6 Å². The maximum Gasteiger partial charge on any atom is 0.262 e. The molecule has 1 aliphatic heterocycles. The third-order valence-corrected chi connectivity index (χ3v) is 5.17. The Morgan fingerprint density at radius 3 is 2.56 bits per heavy atom. The molecule has 2 aromatic carbocycles. The number of carbonyl (C=O) groups is 3. The van der Waals surface area contributed by atoms with E-state index in [4.69, 9.17) is 0 Å². The topological polar surface area (TPSA) is 122 Å². The number of tetrazole rings is 1. The SMILES string of the molecule is Cc1ccc(CN2CC(C(=O)NNC(=O)Cn3nnc(-c4ccccc4)n3)CC2=O)cc1. The van der Waals surface area contributed by atoms with Crippen LogP contribution < -0.4 is 10.9 Å². The summed E-state index contributed by atoms with van der Waals surface area (Å²) in [5.41, 5.74) is 7.67. The Labute approximate surface area is 184 Å². The first-order valence-electron chi connectivity index (χ1n) is 10.2. The van der Waals surface area contributed by atoms with E-state index in [0.29, 0.717) is 18.9 Å². The predicted molar refractivity (Wildman–Crippen MR) is 114 cm³/mol. The van der Waals surface area contributed by atoms with Crippen LogP contribution in [0.2, 0.25) is 0 Å². The lowest BCUT2D eigenvalue weighted by Gasteiger charge is -2.17. The summed E-state index contributed by atoms with van der Waals surface area (Å²) in [6.07, 6.45) is 0.110. The molecule has 1 aliphatic rings. The molecule has 1 aromatic heterocycles. The number of benzene rings is 2. The first-order chi connectivity index (χ1) is 15.5. The van der Waals surface area contributed by atoms with Crippen LogP contribution in [0.1, 0.15) is 17.5 Å². The van der Waals surface area contributed by atoms with Crippen LogP contribution >= 0.6 is 0 Å². The van der Waals surface area contributed by atoms with Crippen LogP contribution in [0.15, 0.2) is 54.6 Å². The average molecular weight is 433 g/mol. The molecule has 0 radical (unpaired) electrons. The fraction of sp³-hybridized carbons (Fsp3) is 0.273. The Bertz CT molecular complexity index is 1110. The maximum absolute atomic E-state index is 12.4. The van der Waals surface area contributed by atoms with Crippen molar-refractivity contribution < 1.29 is 14.4 Å². The van der Waals surface area contributed by atoms with Gasteiger partial charge in [0.25, 0.3) is 5.91 Å². The fourth-order valence-electron chi connectivity index (χ4n) is 3.43. The first kappa shape index (κ1) is 21.2. The number of carbonyl (C=O) groups excluding carboxylic acids is 3. The smallest absolute Gasteiger partial charge is 0.262 e. The van der Waals surface area contributed by atoms with Gasteiger partial charge in [0.1, 0.15) is 6.54 Å². The zero-order valence-electron chi connectivity index (χ0n) is 17.6. The van der Waals surface area contributed by atoms with Crippen LogP contribution in [0.3, 0.4) is 0 Å². The zero-order chi connectivity index (χ0) is 22.5. The molecule has 3 amide bonds. The highest BCUT2D eigenvalue weighted by molar-refractivity contribution is 5.90. The molecular weight excluding hydrogens is 410 g/mol. The van der Waals surface area contributed by atoms with E-state index in [-0.39, 0.29) is 18.9 Å². The van der Waals surface area contributed by atoms with Crippen molar-refractivity contribution in [3.05, 3.63) is 65.7 Å². The zero-order valence-corrected chi connectivity index (χ0v) is 17.6.